The summed E-state index contributed by atoms with van der Waals surface area (Å²) in [4.78, 5) is 20.8. The number of aromatic nitrogens is 2. The van der Waals surface area contributed by atoms with Crippen molar-refractivity contribution in [3.05, 3.63) is 40.7 Å². The number of alkyl halides is 1. The van der Waals surface area contributed by atoms with Gasteiger partial charge in [0.15, 0.2) is 0 Å². The van der Waals surface area contributed by atoms with E-state index in [1.165, 1.54) is 32.3 Å². The highest BCUT2D eigenvalue weighted by Gasteiger charge is 2.27. The van der Waals surface area contributed by atoms with Crippen molar-refractivity contribution < 1.29 is 14.3 Å². The van der Waals surface area contributed by atoms with Gasteiger partial charge in [0.2, 0.25) is 0 Å². The van der Waals surface area contributed by atoms with Gasteiger partial charge < -0.3 is 21.1 Å². The molecule has 0 aromatic carbocycles. The fourth-order valence-electron chi connectivity index (χ4n) is 2.35. The number of hydrogen-bond acceptors (Lipinski definition) is 7. The van der Waals surface area contributed by atoms with Crippen molar-refractivity contribution in [2.75, 3.05) is 23.7 Å². The van der Waals surface area contributed by atoms with Gasteiger partial charge in [0, 0.05) is 25.0 Å². The molecule has 30 heavy (non-hydrogen) atoms. The van der Waals surface area contributed by atoms with Crippen LogP contribution in [0.1, 0.15) is 43.1 Å². The van der Waals surface area contributed by atoms with Crippen LogP contribution < -0.4 is 16.0 Å². The molecule has 0 saturated heterocycles. The summed E-state index contributed by atoms with van der Waals surface area (Å²) >= 11 is 6.13. The number of rotatable bonds is 9. The Bertz CT molecular complexity index is 942. The van der Waals surface area contributed by atoms with Crippen molar-refractivity contribution in [1.29, 1.82) is 5.26 Å². The van der Waals surface area contributed by atoms with Crippen LogP contribution in [0, 0.1) is 11.3 Å². The lowest BCUT2D eigenvalue weighted by Gasteiger charge is -2.22. The highest BCUT2D eigenvalue weighted by molar-refractivity contribution is 6.33. The van der Waals surface area contributed by atoms with Crippen molar-refractivity contribution in [2.24, 2.45) is 0 Å². The summed E-state index contributed by atoms with van der Waals surface area (Å²) in [5, 5.41) is 27.4. The maximum Gasteiger partial charge on any atom is 0.255 e. The minimum absolute atomic E-state index is 0.232. The molecule has 10 heteroatoms. The lowest BCUT2D eigenvalue weighted by Crippen LogP contribution is -2.42. The zero-order chi connectivity index (χ0) is 22.3. The molecule has 1 atom stereocenters. The van der Waals surface area contributed by atoms with Gasteiger partial charge in [-0.3, -0.25) is 4.79 Å². The number of pyridine rings is 2. The third-order valence-corrected chi connectivity index (χ3v) is 4.43. The maximum absolute atomic E-state index is 13.9. The van der Waals surface area contributed by atoms with E-state index in [9.17, 15) is 14.3 Å². The molecule has 160 valence electrons. The Kier molecular flexibility index (Phi) is 7.92. The molecule has 2 aromatic heterocycles. The zero-order valence-electron chi connectivity index (χ0n) is 17.0. The van der Waals surface area contributed by atoms with Gasteiger partial charge in [0.05, 0.1) is 34.0 Å². The fraction of sp³-hybridized carbons (Fsp3) is 0.400. The van der Waals surface area contributed by atoms with E-state index in [-0.39, 0.29) is 17.1 Å². The minimum Gasteiger partial charge on any atom is -0.387 e. The summed E-state index contributed by atoms with van der Waals surface area (Å²) in [5.41, 5.74) is -0.505. The number of nitrogens with zero attached hydrogens (tertiary/aromatic N) is 3. The molecule has 0 aliphatic rings. The molecule has 8 nitrogen and oxygen atoms in total. The Morgan fingerprint density at radius 2 is 2.10 bits per heavy atom. The molecule has 0 unspecified atom stereocenters. The molecule has 0 fully saturated rings. The Morgan fingerprint density at radius 1 is 1.37 bits per heavy atom. The van der Waals surface area contributed by atoms with Crippen molar-refractivity contribution in [3.63, 3.8) is 0 Å². The number of hydrogen-bond donors (Lipinski definition) is 4. The standard InChI is InChI=1S/C20H24ClFN6O2/c1-4-5-24-15-7-17(28-18-14(21)6-12(8-23)9-26-18)25-10-13(15)19(29)27-11-16(22)20(2,3)30/h6-7,9-10,16,30H,4-5,11H2,1-3H3,(H,27,29)(H2,24,25,26,28)/t16-/m1/s1. The van der Waals surface area contributed by atoms with E-state index in [1.807, 2.05) is 13.0 Å². The summed E-state index contributed by atoms with van der Waals surface area (Å²) in [6.45, 7) is 4.92. The molecular weight excluding hydrogens is 411 g/mol. The van der Waals surface area contributed by atoms with Crippen LogP contribution in [0.3, 0.4) is 0 Å². The van der Waals surface area contributed by atoms with Crippen LogP contribution in [0.15, 0.2) is 24.5 Å². The molecule has 0 aliphatic heterocycles. The Morgan fingerprint density at radius 3 is 2.70 bits per heavy atom. The number of carbonyl (C=O) groups is 1. The molecular formula is C20H24ClFN6O2. The second-order valence-electron chi connectivity index (χ2n) is 7.16. The van der Waals surface area contributed by atoms with Crippen LogP contribution in [0.25, 0.3) is 0 Å². The normalized spacial score (nSPS) is 12.0. The lowest BCUT2D eigenvalue weighted by molar-refractivity contribution is -0.00177. The molecule has 0 saturated carbocycles. The topological polar surface area (TPSA) is 123 Å². The number of amides is 1. The molecule has 2 aromatic rings. The Labute approximate surface area is 179 Å². The number of nitrogens with one attached hydrogen (secondary N) is 3. The van der Waals surface area contributed by atoms with Gasteiger partial charge >= 0.3 is 0 Å². The number of nitriles is 1. The summed E-state index contributed by atoms with van der Waals surface area (Å²) < 4.78 is 13.9. The molecule has 2 rings (SSSR count). The smallest absolute Gasteiger partial charge is 0.255 e. The van der Waals surface area contributed by atoms with Crippen LogP contribution in [-0.2, 0) is 0 Å². The van der Waals surface area contributed by atoms with Crippen LogP contribution in [0.4, 0.5) is 21.7 Å². The maximum atomic E-state index is 13.9. The lowest BCUT2D eigenvalue weighted by atomic mass is 10.0. The Balaban J connectivity index is 2.22. The van der Waals surface area contributed by atoms with Gasteiger partial charge in [-0.15, -0.1) is 0 Å². The third-order valence-electron chi connectivity index (χ3n) is 4.14. The fourth-order valence-corrected chi connectivity index (χ4v) is 2.56. The second kappa shape index (κ2) is 10.2. The third kappa shape index (κ3) is 6.27. The van der Waals surface area contributed by atoms with E-state index in [0.717, 1.165) is 6.42 Å². The van der Waals surface area contributed by atoms with Crippen LogP contribution in [0.2, 0.25) is 5.02 Å². The van der Waals surface area contributed by atoms with E-state index in [1.54, 1.807) is 6.07 Å². The van der Waals surface area contributed by atoms with Gasteiger partial charge in [0.1, 0.15) is 23.9 Å². The summed E-state index contributed by atoms with van der Waals surface area (Å²) in [6, 6.07) is 5.04. The monoisotopic (exact) mass is 434 g/mol. The number of aliphatic hydroxyl groups is 1. The largest absolute Gasteiger partial charge is 0.387 e. The summed E-state index contributed by atoms with van der Waals surface area (Å²) in [6.07, 6.45) is 1.93. The van der Waals surface area contributed by atoms with Crippen molar-refractivity contribution in [2.45, 2.75) is 39.0 Å². The zero-order valence-corrected chi connectivity index (χ0v) is 17.7. The first-order chi connectivity index (χ1) is 14.2. The number of carbonyl (C=O) groups excluding carboxylic acids is 1. The van der Waals surface area contributed by atoms with Gasteiger partial charge in [0.25, 0.3) is 5.91 Å². The van der Waals surface area contributed by atoms with Crippen molar-refractivity contribution in [3.8, 4) is 6.07 Å². The molecule has 4 N–H and O–H groups in total. The van der Waals surface area contributed by atoms with E-state index < -0.39 is 17.7 Å². The van der Waals surface area contributed by atoms with Crippen LogP contribution in [0.5, 0.6) is 0 Å². The molecule has 0 spiro atoms. The SMILES string of the molecule is CCCNc1cc(Nc2ncc(C#N)cc2Cl)ncc1C(=O)NC[C@@H](F)C(C)(C)O. The highest BCUT2D eigenvalue weighted by atomic mass is 35.5. The number of halogens is 2. The molecule has 0 radical (unpaired) electrons. The number of anilines is 3. The van der Waals surface area contributed by atoms with E-state index in [4.69, 9.17) is 16.9 Å². The predicted molar refractivity (Wildman–Crippen MR) is 114 cm³/mol. The van der Waals surface area contributed by atoms with Gasteiger partial charge in [-0.05, 0) is 26.3 Å². The average molecular weight is 435 g/mol. The van der Waals surface area contributed by atoms with Gasteiger partial charge in [-0.1, -0.05) is 18.5 Å². The van der Waals surface area contributed by atoms with Gasteiger partial charge in [-0.25, -0.2) is 14.4 Å². The van der Waals surface area contributed by atoms with Crippen molar-refractivity contribution in [1.82, 2.24) is 15.3 Å². The minimum atomic E-state index is -1.62. The highest BCUT2D eigenvalue weighted by Crippen LogP contribution is 2.26. The first-order valence-corrected chi connectivity index (χ1v) is 9.74. The summed E-state index contributed by atoms with van der Waals surface area (Å²) in [5.74, 6) is 0.172. The summed E-state index contributed by atoms with van der Waals surface area (Å²) in [7, 11) is 0. The second-order valence-corrected chi connectivity index (χ2v) is 7.57. The molecule has 0 bridgehead atoms. The van der Waals surface area contributed by atoms with Crippen LogP contribution >= 0.6 is 11.6 Å². The first kappa shape index (κ1) is 23.3. The average Bonchev–Trinajstić information content (AvgIpc) is 2.71. The van der Waals surface area contributed by atoms with Gasteiger partial charge in [-0.2, -0.15) is 5.26 Å². The van der Waals surface area contributed by atoms with E-state index in [2.05, 4.69) is 25.9 Å². The van der Waals surface area contributed by atoms with Crippen LogP contribution in [-0.4, -0.2) is 45.8 Å². The Hall–Kier alpha value is -2.96. The first-order valence-electron chi connectivity index (χ1n) is 9.37. The predicted octanol–water partition coefficient (Wildman–Crippen LogP) is 3.41. The molecule has 0 aliphatic carbocycles. The molecule has 1 amide bonds. The quantitative estimate of drug-likeness (QED) is 0.476. The van der Waals surface area contributed by atoms with Crippen molar-refractivity contribution >= 4 is 34.8 Å². The molecule has 2 heterocycles. The van der Waals surface area contributed by atoms with E-state index in [0.29, 0.717) is 29.4 Å². The van der Waals surface area contributed by atoms with E-state index >= 15 is 0 Å².